The normalized spacial score (nSPS) is 17.0. The molecule has 0 radical (unpaired) electrons. The van der Waals surface area contributed by atoms with E-state index in [-0.39, 0.29) is 0 Å². The lowest BCUT2D eigenvalue weighted by Gasteiger charge is -2.14. The largest absolute Gasteiger partial charge is 0.385 e. The third-order valence-corrected chi connectivity index (χ3v) is 3.54. The summed E-state index contributed by atoms with van der Waals surface area (Å²) >= 11 is 0. The third-order valence-electron chi connectivity index (χ3n) is 3.54. The predicted octanol–water partition coefficient (Wildman–Crippen LogP) is 0.143. The lowest BCUT2D eigenvalue weighted by Crippen LogP contribution is -2.24. The summed E-state index contributed by atoms with van der Waals surface area (Å²) in [5.41, 5.74) is 6.92. The minimum atomic E-state index is 0.475. The Hall–Kier alpha value is -0.980. The van der Waals surface area contributed by atoms with Gasteiger partial charge in [0.25, 0.3) is 0 Å². The molecule has 0 saturated heterocycles. The number of ether oxygens (including phenoxy) is 1. The number of methoxy groups -OCH3 is 1. The SMILES string of the molecule is COCCC1(CNCc2cn(CCN)nn2)CC1. The van der Waals surface area contributed by atoms with Crippen LogP contribution in [0.15, 0.2) is 6.20 Å². The smallest absolute Gasteiger partial charge is 0.0964 e. The molecule has 1 aromatic rings. The van der Waals surface area contributed by atoms with Crippen molar-refractivity contribution < 1.29 is 4.74 Å². The van der Waals surface area contributed by atoms with Gasteiger partial charge in [-0.15, -0.1) is 5.10 Å². The molecule has 0 spiro atoms. The summed E-state index contributed by atoms with van der Waals surface area (Å²) in [5, 5.41) is 11.6. The van der Waals surface area contributed by atoms with Gasteiger partial charge < -0.3 is 15.8 Å². The summed E-state index contributed by atoms with van der Waals surface area (Å²) in [7, 11) is 1.76. The Bertz CT molecular complexity index is 361. The standard InChI is InChI=1S/C12H23N5O/c1-18-7-4-12(2-3-12)10-14-8-11-9-17(6-5-13)16-15-11/h9,14H,2-8,10,13H2,1H3. The molecular formula is C12H23N5O. The van der Waals surface area contributed by atoms with Crippen molar-refractivity contribution in [3.05, 3.63) is 11.9 Å². The monoisotopic (exact) mass is 253 g/mol. The number of rotatable bonds is 9. The fourth-order valence-electron chi connectivity index (χ4n) is 2.13. The van der Waals surface area contributed by atoms with Gasteiger partial charge in [-0.2, -0.15) is 0 Å². The number of nitrogens with zero attached hydrogens (tertiary/aromatic N) is 3. The van der Waals surface area contributed by atoms with Gasteiger partial charge in [0.05, 0.1) is 12.2 Å². The fourth-order valence-corrected chi connectivity index (χ4v) is 2.13. The van der Waals surface area contributed by atoms with Crippen molar-refractivity contribution in [3.63, 3.8) is 0 Å². The van der Waals surface area contributed by atoms with E-state index in [4.69, 9.17) is 10.5 Å². The molecule has 0 bridgehead atoms. The maximum Gasteiger partial charge on any atom is 0.0964 e. The molecule has 18 heavy (non-hydrogen) atoms. The molecule has 0 atom stereocenters. The van der Waals surface area contributed by atoms with Crippen LogP contribution in [-0.2, 0) is 17.8 Å². The Kier molecular flexibility index (Phi) is 4.68. The van der Waals surface area contributed by atoms with Crippen LogP contribution in [-0.4, -0.2) is 41.8 Å². The summed E-state index contributed by atoms with van der Waals surface area (Å²) in [6.45, 7) is 3.99. The highest BCUT2D eigenvalue weighted by Gasteiger charge is 2.41. The molecule has 1 saturated carbocycles. The second-order valence-electron chi connectivity index (χ2n) is 5.11. The van der Waals surface area contributed by atoms with E-state index in [1.165, 1.54) is 12.8 Å². The first-order valence-corrected chi connectivity index (χ1v) is 6.57. The van der Waals surface area contributed by atoms with Crippen LogP contribution in [0.5, 0.6) is 0 Å². The Morgan fingerprint density at radius 3 is 3.06 bits per heavy atom. The Balaban J connectivity index is 1.68. The van der Waals surface area contributed by atoms with Gasteiger partial charge in [0.2, 0.25) is 0 Å². The highest BCUT2D eigenvalue weighted by atomic mass is 16.5. The topological polar surface area (TPSA) is 78.0 Å². The summed E-state index contributed by atoms with van der Waals surface area (Å²) in [5.74, 6) is 0. The molecule has 6 nitrogen and oxygen atoms in total. The molecule has 1 aromatic heterocycles. The van der Waals surface area contributed by atoms with Crippen molar-refractivity contribution in [2.45, 2.75) is 32.4 Å². The van der Waals surface area contributed by atoms with E-state index < -0.39 is 0 Å². The molecule has 0 unspecified atom stereocenters. The van der Waals surface area contributed by atoms with Crippen molar-refractivity contribution >= 4 is 0 Å². The van der Waals surface area contributed by atoms with E-state index in [1.807, 2.05) is 6.20 Å². The molecule has 102 valence electrons. The Labute approximate surface area is 108 Å². The molecule has 1 aliphatic rings. The highest BCUT2D eigenvalue weighted by molar-refractivity contribution is 4.97. The van der Waals surface area contributed by atoms with Crippen LogP contribution >= 0.6 is 0 Å². The van der Waals surface area contributed by atoms with Gasteiger partial charge in [-0.05, 0) is 24.7 Å². The predicted molar refractivity (Wildman–Crippen MR) is 68.9 cm³/mol. The van der Waals surface area contributed by atoms with Crippen LogP contribution in [0.3, 0.4) is 0 Å². The van der Waals surface area contributed by atoms with E-state index in [1.54, 1.807) is 11.8 Å². The van der Waals surface area contributed by atoms with Crippen LogP contribution in [0.2, 0.25) is 0 Å². The van der Waals surface area contributed by atoms with Crippen molar-refractivity contribution in [3.8, 4) is 0 Å². The maximum absolute atomic E-state index is 5.47. The van der Waals surface area contributed by atoms with Crippen molar-refractivity contribution in [2.75, 3.05) is 26.8 Å². The summed E-state index contributed by atoms with van der Waals surface area (Å²) in [6, 6.07) is 0. The molecule has 1 heterocycles. The zero-order valence-electron chi connectivity index (χ0n) is 11.1. The first-order valence-electron chi connectivity index (χ1n) is 6.57. The van der Waals surface area contributed by atoms with Crippen LogP contribution in [0.25, 0.3) is 0 Å². The zero-order chi connectivity index (χ0) is 12.8. The second kappa shape index (κ2) is 6.26. The average Bonchev–Trinajstić information content (AvgIpc) is 3.00. The van der Waals surface area contributed by atoms with Gasteiger partial charge in [-0.3, -0.25) is 4.68 Å². The Morgan fingerprint density at radius 1 is 1.56 bits per heavy atom. The van der Waals surface area contributed by atoms with E-state index in [2.05, 4.69) is 15.6 Å². The van der Waals surface area contributed by atoms with Crippen LogP contribution in [0.1, 0.15) is 25.0 Å². The minimum absolute atomic E-state index is 0.475. The maximum atomic E-state index is 5.47. The van der Waals surface area contributed by atoms with Crippen LogP contribution in [0, 0.1) is 5.41 Å². The van der Waals surface area contributed by atoms with E-state index in [9.17, 15) is 0 Å². The molecule has 3 N–H and O–H groups in total. The number of aromatic nitrogens is 3. The first-order chi connectivity index (χ1) is 8.78. The average molecular weight is 253 g/mol. The number of nitrogens with one attached hydrogen (secondary N) is 1. The molecule has 1 aliphatic carbocycles. The van der Waals surface area contributed by atoms with Gasteiger partial charge in [-0.25, -0.2) is 0 Å². The Morgan fingerprint density at radius 2 is 2.39 bits per heavy atom. The van der Waals surface area contributed by atoms with Crippen molar-refractivity contribution in [2.24, 2.45) is 11.1 Å². The van der Waals surface area contributed by atoms with E-state index in [0.29, 0.717) is 12.0 Å². The number of hydrogen-bond acceptors (Lipinski definition) is 5. The van der Waals surface area contributed by atoms with Gasteiger partial charge in [0.1, 0.15) is 0 Å². The van der Waals surface area contributed by atoms with Gasteiger partial charge in [0.15, 0.2) is 0 Å². The molecule has 0 aliphatic heterocycles. The second-order valence-corrected chi connectivity index (χ2v) is 5.11. The lowest BCUT2D eigenvalue weighted by molar-refractivity contribution is 0.171. The summed E-state index contributed by atoms with van der Waals surface area (Å²) in [4.78, 5) is 0. The summed E-state index contributed by atoms with van der Waals surface area (Å²) < 4.78 is 6.93. The molecule has 0 aromatic carbocycles. The quantitative estimate of drug-likeness (QED) is 0.654. The zero-order valence-corrected chi connectivity index (χ0v) is 11.1. The molecular weight excluding hydrogens is 230 g/mol. The summed E-state index contributed by atoms with van der Waals surface area (Å²) in [6.07, 6.45) is 5.72. The van der Waals surface area contributed by atoms with Crippen molar-refractivity contribution in [1.29, 1.82) is 0 Å². The highest BCUT2D eigenvalue weighted by Crippen LogP contribution is 2.48. The third kappa shape index (κ3) is 3.76. The number of hydrogen-bond donors (Lipinski definition) is 2. The lowest BCUT2D eigenvalue weighted by atomic mass is 10.0. The van der Waals surface area contributed by atoms with Crippen LogP contribution < -0.4 is 11.1 Å². The fraction of sp³-hybridized carbons (Fsp3) is 0.833. The van der Waals surface area contributed by atoms with E-state index in [0.717, 1.165) is 38.4 Å². The van der Waals surface area contributed by atoms with E-state index >= 15 is 0 Å². The van der Waals surface area contributed by atoms with Gasteiger partial charge in [0, 0.05) is 39.5 Å². The van der Waals surface area contributed by atoms with Gasteiger partial charge in [-0.1, -0.05) is 5.21 Å². The number of nitrogens with two attached hydrogens (primary N) is 1. The molecule has 1 fully saturated rings. The van der Waals surface area contributed by atoms with Crippen LogP contribution in [0.4, 0.5) is 0 Å². The van der Waals surface area contributed by atoms with Gasteiger partial charge >= 0.3 is 0 Å². The minimum Gasteiger partial charge on any atom is -0.385 e. The molecule has 2 rings (SSSR count). The molecule has 0 amide bonds. The first kappa shape index (κ1) is 13.5. The van der Waals surface area contributed by atoms with Crippen molar-refractivity contribution in [1.82, 2.24) is 20.3 Å². The molecule has 6 heteroatoms.